The molecule has 0 unspecified atom stereocenters. The van der Waals surface area contributed by atoms with Gasteiger partial charge in [0, 0.05) is 24.7 Å². The lowest BCUT2D eigenvalue weighted by atomic mass is 10.2. The highest BCUT2D eigenvalue weighted by Crippen LogP contribution is 2.25. The van der Waals surface area contributed by atoms with Crippen LogP contribution in [0.2, 0.25) is 0 Å². The topological polar surface area (TPSA) is 132 Å². The molecule has 0 saturated heterocycles. The number of non-ortho nitro benzene ring substituents is 1. The molecular weight excluding hydrogens is 404 g/mol. The Morgan fingerprint density at radius 1 is 1.25 bits per heavy atom. The smallest absolute Gasteiger partial charge is 0.270 e. The minimum Gasteiger partial charge on any atom is -0.304 e. The van der Waals surface area contributed by atoms with E-state index in [0.717, 1.165) is 10.9 Å². The van der Waals surface area contributed by atoms with E-state index in [1.54, 1.807) is 11.6 Å². The van der Waals surface area contributed by atoms with E-state index in [1.165, 1.54) is 41.3 Å². The standard InChI is InChI=1S/C16H14N6O4S2/c1-21-14(12-6-3-7-27-12)18-20-16(21)28-9-13(23)17-19-15(24)10-4-2-5-11(8-10)22(25)26/h2-8H,9H2,1H3,(H,17,23)(H,19,24). The van der Waals surface area contributed by atoms with E-state index in [0.29, 0.717) is 11.0 Å². The number of aromatic nitrogens is 3. The van der Waals surface area contributed by atoms with Crippen LogP contribution in [0.4, 0.5) is 5.69 Å². The predicted molar refractivity (Wildman–Crippen MR) is 104 cm³/mol. The lowest BCUT2D eigenvalue weighted by Crippen LogP contribution is -2.42. The summed E-state index contributed by atoms with van der Waals surface area (Å²) < 4.78 is 1.78. The third-order valence-electron chi connectivity index (χ3n) is 3.54. The second-order valence-corrected chi connectivity index (χ2v) is 7.33. The second kappa shape index (κ2) is 8.63. The molecule has 0 aliphatic carbocycles. The average Bonchev–Trinajstić information content (AvgIpc) is 3.34. The van der Waals surface area contributed by atoms with Gasteiger partial charge < -0.3 is 4.57 Å². The van der Waals surface area contributed by atoms with Crippen molar-refractivity contribution in [2.75, 3.05) is 5.75 Å². The third-order valence-corrected chi connectivity index (χ3v) is 5.43. The van der Waals surface area contributed by atoms with Gasteiger partial charge in [-0.3, -0.25) is 30.6 Å². The zero-order chi connectivity index (χ0) is 20.1. The molecule has 0 fully saturated rings. The van der Waals surface area contributed by atoms with Crippen molar-refractivity contribution in [1.29, 1.82) is 0 Å². The fraction of sp³-hybridized carbons (Fsp3) is 0.125. The molecule has 0 spiro atoms. The maximum absolute atomic E-state index is 12.0. The molecule has 1 aromatic carbocycles. The van der Waals surface area contributed by atoms with Crippen LogP contribution in [0.5, 0.6) is 0 Å². The Balaban J connectivity index is 1.52. The molecule has 12 heteroatoms. The van der Waals surface area contributed by atoms with Gasteiger partial charge in [0.1, 0.15) is 0 Å². The maximum Gasteiger partial charge on any atom is 0.270 e. The van der Waals surface area contributed by atoms with Crippen molar-refractivity contribution in [3.8, 4) is 10.7 Å². The van der Waals surface area contributed by atoms with Gasteiger partial charge >= 0.3 is 0 Å². The summed E-state index contributed by atoms with van der Waals surface area (Å²) in [6.45, 7) is 0. The number of carbonyl (C=O) groups excluding carboxylic acids is 2. The summed E-state index contributed by atoms with van der Waals surface area (Å²) >= 11 is 2.71. The van der Waals surface area contributed by atoms with Gasteiger partial charge in [0.05, 0.1) is 15.6 Å². The number of rotatable bonds is 6. The number of benzene rings is 1. The van der Waals surface area contributed by atoms with Crippen LogP contribution in [0.25, 0.3) is 10.7 Å². The van der Waals surface area contributed by atoms with Crippen LogP contribution in [0.3, 0.4) is 0 Å². The minimum atomic E-state index is -0.652. The van der Waals surface area contributed by atoms with Gasteiger partial charge in [0.2, 0.25) is 5.91 Å². The molecule has 0 bridgehead atoms. The Morgan fingerprint density at radius 2 is 2.07 bits per heavy atom. The highest BCUT2D eigenvalue weighted by molar-refractivity contribution is 7.99. The lowest BCUT2D eigenvalue weighted by Gasteiger charge is -2.07. The van der Waals surface area contributed by atoms with E-state index < -0.39 is 16.7 Å². The summed E-state index contributed by atoms with van der Waals surface area (Å²) in [6, 6.07) is 9.05. The number of amides is 2. The van der Waals surface area contributed by atoms with Gasteiger partial charge in [-0.1, -0.05) is 23.9 Å². The van der Waals surface area contributed by atoms with Gasteiger partial charge in [-0.15, -0.1) is 21.5 Å². The van der Waals surface area contributed by atoms with Crippen LogP contribution in [0.1, 0.15) is 10.4 Å². The largest absolute Gasteiger partial charge is 0.304 e. The number of carbonyl (C=O) groups is 2. The number of nitrogens with zero attached hydrogens (tertiary/aromatic N) is 4. The molecule has 0 atom stereocenters. The summed E-state index contributed by atoms with van der Waals surface area (Å²) in [5, 5.41) is 21.4. The number of nitro groups is 1. The zero-order valence-corrected chi connectivity index (χ0v) is 16.1. The predicted octanol–water partition coefficient (Wildman–Crippen LogP) is 2.01. The van der Waals surface area contributed by atoms with Gasteiger partial charge in [-0.25, -0.2) is 0 Å². The second-order valence-electron chi connectivity index (χ2n) is 5.44. The summed E-state index contributed by atoms with van der Waals surface area (Å²) in [7, 11) is 1.80. The van der Waals surface area contributed by atoms with Crippen LogP contribution in [0.15, 0.2) is 46.9 Å². The highest BCUT2D eigenvalue weighted by Gasteiger charge is 2.15. The van der Waals surface area contributed by atoms with E-state index in [-0.39, 0.29) is 17.0 Å². The molecule has 0 saturated carbocycles. The Labute approximate surface area is 167 Å². The van der Waals surface area contributed by atoms with Gasteiger partial charge in [-0.05, 0) is 17.5 Å². The number of thiophene rings is 1. The number of nitro benzene ring substituents is 1. The van der Waals surface area contributed by atoms with Gasteiger partial charge in [-0.2, -0.15) is 0 Å². The first kappa shape index (κ1) is 19.5. The summed E-state index contributed by atoms with van der Waals surface area (Å²) in [4.78, 5) is 35.1. The number of thioether (sulfide) groups is 1. The molecule has 3 aromatic rings. The zero-order valence-electron chi connectivity index (χ0n) is 14.5. The van der Waals surface area contributed by atoms with Crippen LogP contribution < -0.4 is 10.9 Å². The van der Waals surface area contributed by atoms with Crippen molar-refractivity contribution in [1.82, 2.24) is 25.6 Å². The maximum atomic E-state index is 12.0. The van der Waals surface area contributed by atoms with Crippen molar-refractivity contribution in [2.45, 2.75) is 5.16 Å². The van der Waals surface area contributed by atoms with E-state index in [1.807, 2.05) is 17.5 Å². The molecule has 2 aromatic heterocycles. The molecule has 2 heterocycles. The van der Waals surface area contributed by atoms with Crippen LogP contribution >= 0.6 is 23.1 Å². The molecule has 0 aliphatic rings. The number of hydrogen-bond acceptors (Lipinski definition) is 8. The lowest BCUT2D eigenvalue weighted by molar-refractivity contribution is -0.384. The number of nitrogens with one attached hydrogen (secondary N) is 2. The van der Waals surface area contributed by atoms with Crippen molar-refractivity contribution in [2.24, 2.45) is 7.05 Å². The monoisotopic (exact) mass is 418 g/mol. The number of hydrogen-bond donors (Lipinski definition) is 2. The molecule has 0 radical (unpaired) electrons. The van der Waals surface area contributed by atoms with Crippen LogP contribution in [0, 0.1) is 10.1 Å². The molecule has 28 heavy (non-hydrogen) atoms. The van der Waals surface area contributed by atoms with Crippen LogP contribution in [-0.4, -0.2) is 37.3 Å². The van der Waals surface area contributed by atoms with Crippen LogP contribution in [-0.2, 0) is 11.8 Å². The van der Waals surface area contributed by atoms with Crippen molar-refractivity contribution in [3.05, 3.63) is 57.5 Å². The van der Waals surface area contributed by atoms with E-state index in [9.17, 15) is 19.7 Å². The van der Waals surface area contributed by atoms with Gasteiger partial charge in [0.15, 0.2) is 11.0 Å². The summed E-state index contributed by atoms with van der Waals surface area (Å²) in [6.07, 6.45) is 0. The first-order chi connectivity index (χ1) is 13.5. The Morgan fingerprint density at radius 3 is 2.79 bits per heavy atom. The van der Waals surface area contributed by atoms with Crippen molar-refractivity contribution >= 4 is 40.6 Å². The third kappa shape index (κ3) is 4.53. The first-order valence-corrected chi connectivity index (χ1v) is 9.72. The minimum absolute atomic E-state index is 0.00559. The Bertz CT molecular complexity index is 1020. The average molecular weight is 418 g/mol. The molecule has 2 N–H and O–H groups in total. The van der Waals surface area contributed by atoms with E-state index in [2.05, 4.69) is 21.0 Å². The molecule has 3 rings (SSSR count). The highest BCUT2D eigenvalue weighted by atomic mass is 32.2. The van der Waals surface area contributed by atoms with Crippen molar-refractivity contribution < 1.29 is 14.5 Å². The molecule has 144 valence electrons. The van der Waals surface area contributed by atoms with E-state index >= 15 is 0 Å². The quantitative estimate of drug-likeness (QED) is 0.355. The van der Waals surface area contributed by atoms with E-state index in [4.69, 9.17) is 0 Å². The Hall–Kier alpha value is -3.25. The van der Waals surface area contributed by atoms with Crippen molar-refractivity contribution in [3.63, 3.8) is 0 Å². The summed E-state index contributed by atoms with van der Waals surface area (Å²) in [5.74, 6) is -0.395. The SMILES string of the molecule is Cn1c(SCC(=O)NNC(=O)c2cccc([N+](=O)[O-])c2)nnc1-c1cccs1. The molecule has 0 aliphatic heterocycles. The first-order valence-electron chi connectivity index (χ1n) is 7.85. The summed E-state index contributed by atoms with van der Waals surface area (Å²) in [5.41, 5.74) is 4.35. The fourth-order valence-corrected chi connectivity index (χ4v) is 3.64. The number of hydrazine groups is 1. The fourth-order valence-electron chi connectivity index (χ4n) is 2.19. The van der Waals surface area contributed by atoms with Gasteiger partial charge in [0.25, 0.3) is 11.6 Å². The normalized spacial score (nSPS) is 10.5. The molecular formula is C16H14N6O4S2. The molecule has 10 nitrogen and oxygen atoms in total. The Kier molecular flexibility index (Phi) is 6.01. The molecule has 2 amide bonds.